The molecule has 1 unspecified atom stereocenters. The van der Waals surface area contributed by atoms with Gasteiger partial charge in [-0.25, -0.2) is 18.2 Å². The fourth-order valence-electron chi connectivity index (χ4n) is 5.63. The lowest BCUT2D eigenvalue weighted by atomic mass is 9.96. The molecule has 3 fully saturated rings. The summed E-state index contributed by atoms with van der Waals surface area (Å²) < 4.78 is 29.1. The van der Waals surface area contributed by atoms with Crippen molar-refractivity contribution >= 4 is 33.2 Å². The Morgan fingerprint density at radius 2 is 1.81 bits per heavy atom. The van der Waals surface area contributed by atoms with E-state index in [1.165, 1.54) is 0 Å². The van der Waals surface area contributed by atoms with Gasteiger partial charge in [0.05, 0.1) is 35.0 Å². The summed E-state index contributed by atoms with van der Waals surface area (Å²) >= 11 is 0. The summed E-state index contributed by atoms with van der Waals surface area (Å²) in [5, 5.41) is 2.21. The molecule has 1 aromatic rings. The Bertz CT molecular complexity index is 1110. The molecule has 36 heavy (non-hydrogen) atoms. The smallest absolute Gasteiger partial charge is 0.414 e. The van der Waals surface area contributed by atoms with E-state index in [0.717, 1.165) is 62.3 Å². The van der Waals surface area contributed by atoms with Crippen LogP contribution in [-0.2, 0) is 19.4 Å². The van der Waals surface area contributed by atoms with Crippen LogP contribution >= 0.6 is 0 Å². The molecule has 5 rings (SSSR count). The van der Waals surface area contributed by atoms with Gasteiger partial charge in [0.25, 0.3) is 0 Å². The Morgan fingerprint density at radius 3 is 2.47 bits per heavy atom. The molecule has 0 radical (unpaired) electrons. The van der Waals surface area contributed by atoms with Gasteiger partial charge < -0.3 is 9.64 Å². The minimum atomic E-state index is -2.86. The number of benzene rings is 1. The number of hydrogen-bond donors (Lipinski definition) is 1. The standard InChI is InChI=1S/C26H38N4O5S/c1-17(2)35-26(32)29-14-18(3)30(25(31)20-4-5-20)23-7-6-21(12-24(23)29)22-13-27-28(16-22)15-19-8-10-36(33,34)11-9-19/h6-7,12,17-20,22,27H,4-5,8-11,13-16H2,1-3H3/t18-,22?/m0/s1. The first-order valence-electron chi connectivity index (χ1n) is 13.3. The van der Waals surface area contributed by atoms with E-state index in [1.54, 1.807) is 4.90 Å². The summed E-state index contributed by atoms with van der Waals surface area (Å²) in [6, 6.07) is 6.00. The molecule has 3 aliphatic heterocycles. The first-order valence-corrected chi connectivity index (χ1v) is 15.1. The predicted molar refractivity (Wildman–Crippen MR) is 139 cm³/mol. The molecular formula is C26H38N4O5S. The number of carbonyl (C=O) groups excluding carboxylic acids is 2. The topological polar surface area (TPSA) is 99.3 Å². The van der Waals surface area contributed by atoms with Crippen LogP contribution in [0.5, 0.6) is 0 Å². The highest BCUT2D eigenvalue weighted by Gasteiger charge is 2.42. The quantitative estimate of drug-likeness (QED) is 0.640. The van der Waals surface area contributed by atoms with Gasteiger partial charge >= 0.3 is 6.09 Å². The van der Waals surface area contributed by atoms with E-state index in [-0.39, 0.29) is 47.5 Å². The molecular weight excluding hydrogens is 480 g/mol. The number of nitrogens with one attached hydrogen (secondary N) is 1. The van der Waals surface area contributed by atoms with Gasteiger partial charge in [-0.3, -0.25) is 15.1 Å². The van der Waals surface area contributed by atoms with E-state index >= 15 is 0 Å². The van der Waals surface area contributed by atoms with Crippen molar-refractivity contribution in [1.82, 2.24) is 10.4 Å². The molecule has 2 atom stereocenters. The highest BCUT2D eigenvalue weighted by molar-refractivity contribution is 7.91. The van der Waals surface area contributed by atoms with Crippen LogP contribution in [0.3, 0.4) is 0 Å². The zero-order chi connectivity index (χ0) is 25.6. The van der Waals surface area contributed by atoms with Crippen molar-refractivity contribution in [1.29, 1.82) is 0 Å². The van der Waals surface area contributed by atoms with Crippen LogP contribution in [-0.4, -0.2) is 75.3 Å². The number of hydrazine groups is 1. The second-order valence-corrected chi connectivity index (χ2v) is 13.5. The minimum absolute atomic E-state index is 0.0940. The van der Waals surface area contributed by atoms with Gasteiger partial charge in [0, 0.05) is 38.0 Å². The Labute approximate surface area is 214 Å². The van der Waals surface area contributed by atoms with Crippen molar-refractivity contribution in [3.63, 3.8) is 0 Å². The normalized spacial score (nSPS) is 26.8. The molecule has 198 valence electrons. The Morgan fingerprint density at radius 1 is 1.08 bits per heavy atom. The molecule has 3 heterocycles. The summed E-state index contributed by atoms with van der Waals surface area (Å²) in [6.07, 6.45) is 2.70. The third kappa shape index (κ3) is 5.40. The molecule has 1 aromatic carbocycles. The molecule has 1 aliphatic carbocycles. The maximum Gasteiger partial charge on any atom is 0.414 e. The van der Waals surface area contributed by atoms with E-state index in [2.05, 4.69) is 22.6 Å². The van der Waals surface area contributed by atoms with Crippen LogP contribution in [0.15, 0.2) is 18.2 Å². The van der Waals surface area contributed by atoms with Crippen molar-refractivity contribution < 1.29 is 22.7 Å². The number of fused-ring (bicyclic) bond motifs is 1. The first kappa shape index (κ1) is 25.5. The van der Waals surface area contributed by atoms with Gasteiger partial charge in [-0.2, -0.15) is 0 Å². The van der Waals surface area contributed by atoms with E-state index in [0.29, 0.717) is 12.5 Å². The average Bonchev–Trinajstić information content (AvgIpc) is 3.57. The van der Waals surface area contributed by atoms with Gasteiger partial charge in [-0.15, -0.1) is 0 Å². The van der Waals surface area contributed by atoms with Crippen LogP contribution in [0.4, 0.5) is 16.2 Å². The van der Waals surface area contributed by atoms with E-state index in [9.17, 15) is 18.0 Å². The van der Waals surface area contributed by atoms with E-state index < -0.39 is 9.84 Å². The van der Waals surface area contributed by atoms with Crippen LogP contribution in [0.1, 0.15) is 57.9 Å². The third-order valence-electron chi connectivity index (χ3n) is 7.78. The fraction of sp³-hybridized carbons (Fsp3) is 0.692. The maximum atomic E-state index is 13.1. The average molecular weight is 519 g/mol. The molecule has 1 saturated carbocycles. The molecule has 2 amide bonds. The number of ether oxygens (including phenoxy) is 1. The van der Waals surface area contributed by atoms with E-state index in [4.69, 9.17) is 4.74 Å². The second kappa shape index (κ2) is 9.95. The summed E-state index contributed by atoms with van der Waals surface area (Å²) in [4.78, 5) is 29.7. The molecule has 0 aromatic heterocycles. The summed E-state index contributed by atoms with van der Waals surface area (Å²) in [5.41, 5.74) is 6.12. The van der Waals surface area contributed by atoms with Crippen molar-refractivity contribution in [3.05, 3.63) is 23.8 Å². The molecule has 0 spiro atoms. The molecule has 2 saturated heterocycles. The summed E-state index contributed by atoms with van der Waals surface area (Å²) in [7, 11) is -2.86. The van der Waals surface area contributed by atoms with Gasteiger partial charge in [-0.05, 0) is 70.1 Å². The van der Waals surface area contributed by atoms with Crippen LogP contribution in [0, 0.1) is 11.8 Å². The van der Waals surface area contributed by atoms with Crippen molar-refractivity contribution in [2.45, 2.75) is 64.5 Å². The molecule has 4 aliphatic rings. The number of rotatable bonds is 5. The van der Waals surface area contributed by atoms with Gasteiger partial charge in [0.15, 0.2) is 0 Å². The molecule has 1 N–H and O–H groups in total. The number of hydrogen-bond acceptors (Lipinski definition) is 7. The summed E-state index contributed by atoms with van der Waals surface area (Å²) in [6.45, 7) is 8.51. The minimum Gasteiger partial charge on any atom is -0.446 e. The molecule has 10 heteroatoms. The monoisotopic (exact) mass is 518 g/mol. The third-order valence-corrected chi connectivity index (χ3v) is 9.50. The first-order chi connectivity index (χ1) is 17.1. The van der Waals surface area contributed by atoms with E-state index in [1.807, 2.05) is 31.7 Å². The number of nitrogens with zero attached hydrogens (tertiary/aromatic N) is 3. The zero-order valence-electron chi connectivity index (χ0n) is 21.5. The number of carbonyl (C=O) groups is 2. The maximum absolute atomic E-state index is 13.1. The fourth-order valence-corrected chi connectivity index (χ4v) is 7.22. The number of sulfone groups is 1. The van der Waals surface area contributed by atoms with Gasteiger partial charge in [0.1, 0.15) is 9.84 Å². The number of amides is 2. The lowest BCUT2D eigenvalue weighted by molar-refractivity contribution is -0.120. The van der Waals surface area contributed by atoms with Crippen LogP contribution < -0.4 is 15.2 Å². The Hall–Kier alpha value is -2.17. The highest BCUT2D eigenvalue weighted by Crippen LogP contribution is 2.42. The van der Waals surface area contributed by atoms with Crippen molar-refractivity contribution in [3.8, 4) is 0 Å². The largest absolute Gasteiger partial charge is 0.446 e. The molecule has 9 nitrogen and oxygen atoms in total. The lowest BCUT2D eigenvalue weighted by Crippen LogP contribution is -2.52. The molecule has 0 bridgehead atoms. The second-order valence-electron chi connectivity index (χ2n) is 11.2. The van der Waals surface area contributed by atoms with Crippen molar-refractivity contribution in [2.24, 2.45) is 11.8 Å². The Kier molecular flexibility index (Phi) is 7.04. The predicted octanol–water partition coefficient (Wildman–Crippen LogP) is 2.91. The van der Waals surface area contributed by atoms with Gasteiger partial charge in [0.2, 0.25) is 5.91 Å². The lowest BCUT2D eigenvalue weighted by Gasteiger charge is -2.41. The summed E-state index contributed by atoms with van der Waals surface area (Å²) in [5.74, 6) is 1.44. The SMILES string of the molecule is CC(C)OC(=O)N1C[C@H](C)N(C(=O)C2CC2)c2ccc(C3CNN(CC4CCS(=O)(=O)CC4)C3)cc21. The van der Waals surface area contributed by atoms with Crippen LogP contribution in [0.25, 0.3) is 0 Å². The zero-order valence-corrected chi connectivity index (χ0v) is 22.3. The van der Waals surface area contributed by atoms with Gasteiger partial charge in [-0.1, -0.05) is 6.07 Å². The van der Waals surface area contributed by atoms with Crippen molar-refractivity contribution in [2.75, 3.05) is 47.5 Å². The van der Waals surface area contributed by atoms with Crippen LogP contribution in [0.2, 0.25) is 0 Å². The number of anilines is 2. The Balaban J connectivity index is 1.35. The highest BCUT2D eigenvalue weighted by atomic mass is 32.2.